The third-order valence-electron chi connectivity index (χ3n) is 1.24. The highest BCUT2D eigenvalue weighted by atomic mass is 79.9. The molecule has 3 heteroatoms. The summed E-state index contributed by atoms with van der Waals surface area (Å²) in [5.41, 5.74) is 0.941. The lowest BCUT2D eigenvalue weighted by molar-refractivity contribution is 0.266. The SMILES string of the molecule is O=[C]OCc1ccccc1Br. The highest BCUT2D eigenvalue weighted by Crippen LogP contribution is 2.15. The molecule has 0 amide bonds. The Kier molecular flexibility index (Phi) is 3.11. The van der Waals surface area contributed by atoms with E-state index in [4.69, 9.17) is 0 Å². The highest BCUT2D eigenvalue weighted by Gasteiger charge is 1.96. The molecule has 0 atom stereocenters. The van der Waals surface area contributed by atoms with Crippen molar-refractivity contribution in [2.24, 2.45) is 0 Å². The maximum atomic E-state index is 9.73. The van der Waals surface area contributed by atoms with Gasteiger partial charge in [0.1, 0.15) is 6.61 Å². The normalized spacial score (nSPS) is 9.18. The van der Waals surface area contributed by atoms with Gasteiger partial charge in [-0.1, -0.05) is 34.1 Å². The van der Waals surface area contributed by atoms with Crippen LogP contribution in [0.25, 0.3) is 0 Å². The summed E-state index contributed by atoms with van der Waals surface area (Å²) < 4.78 is 5.40. The van der Waals surface area contributed by atoms with E-state index in [1.807, 2.05) is 24.3 Å². The first-order chi connectivity index (χ1) is 5.34. The van der Waals surface area contributed by atoms with E-state index in [0.717, 1.165) is 10.0 Å². The fraction of sp³-hybridized carbons (Fsp3) is 0.125. The quantitative estimate of drug-likeness (QED) is 0.769. The van der Waals surface area contributed by atoms with Gasteiger partial charge in [-0.05, 0) is 6.07 Å². The van der Waals surface area contributed by atoms with Crippen LogP contribution in [0.2, 0.25) is 0 Å². The molecule has 11 heavy (non-hydrogen) atoms. The van der Waals surface area contributed by atoms with Gasteiger partial charge in [0, 0.05) is 10.0 Å². The summed E-state index contributed by atoms with van der Waals surface area (Å²) in [6, 6.07) is 7.55. The van der Waals surface area contributed by atoms with E-state index >= 15 is 0 Å². The van der Waals surface area contributed by atoms with Crippen molar-refractivity contribution >= 4 is 22.4 Å². The third kappa shape index (κ3) is 2.35. The summed E-state index contributed by atoms with van der Waals surface area (Å²) in [4.78, 5) is 9.73. The Balaban J connectivity index is 2.69. The van der Waals surface area contributed by atoms with Gasteiger partial charge in [-0.15, -0.1) is 0 Å². The third-order valence-corrected chi connectivity index (χ3v) is 2.02. The van der Waals surface area contributed by atoms with Gasteiger partial charge in [-0.3, -0.25) is 0 Å². The second kappa shape index (κ2) is 4.13. The monoisotopic (exact) mass is 213 g/mol. The molecule has 0 aliphatic heterocycles. The summed E-state index contributed by atoms with van der Waals surface area (Å²) in [6.07, 6.45) is 0. The standard InChI is InChI=1S/C8H6BrO2/c9-8-4-2-1-3-7(8)5-11-6-10/h1-4H,5H2. The van der Waals surface area contributed by atoms with Crippen LogP contribution in [0.15, 0.2) is 28.7 Å². The van der Waals surface area contributed by atoms with E-state index in [2.05, 4.69) is 20.7 Å². The zero-order valence-corrected chi connectivity index (χ0v) is 7.30. The minimum absolute atomic E-state index is 0.269. The van der Waals surface area contributed by atoms with Crippen molar-refractivity contribution in [3.8, 4) is 0 Å². The second-order valence-corrected chi connectivity index (χ2v) is 2.82. The molecule has 1 aromatic carbocycles. The van der Waals surface area contributed by atoms with Gasteiger partial charge in [-0.2, -0.15) is 0 Å². The molecule has 0 aromatic heterocycles. The Morgan fingerprint density at radius 2 is 2.18 bits per heavy atom. The van der Waals surface area contributed by atoms with Gasteiger partial charge in [0.15, 0.2) is 0 Å². The molecule has 0 aliphatic carbocycles. The molecule has 2 nitrogen and oxygen atoms in total. The van der Waals surface area contributed by atoms with E-state index in [-0.39, 0.29) is 6.61 Å². The molecule has 1 aromatic rings. The van der Waals surface area contributed by atoms with Crippen molar-refractivity contribution < 1.29 is 9.53 Å². The average molecular weight is 214 g/mol. The summed E-state index contributed by atoms with van der Waals surface area (Å²) >= 11 is 3.32. The molecule has 1 radical (unpaired) electrons. The van der Waals surface area contributed by atoms with Crippen molar-refractivity contribution in [2.45, 2.75) is 6.61 Å². The number of hydrogen-bond acceptors (Lipinski definition) is 2. The number of carbonyl (C=O) groups excluding carboxylic acids is 1. The van der Waals surface area contributed by atoms with E-state index in [1.54, 1.807) is 0 Å². The number of hydrogen-bond donors (Lipinski definition) is 0. The molecule has 1 rings (SSSR count). The number of halogens is 1. The zero-order chi connectivity index (χ0) is 8.10. The number of benzene rings is 1. The van der Waals surface area contributed by atoms with Crippen molar-refractivity contribution in [3.63, 3.8) is 0 Å². The minimum Gasteiger partial charge on any atom is -0.452 e. The van der Waals surface area contributed by atoms with Crippen LogP contribution in [-0.4, -0.2) is 6.47 Å². The topological polar surface area (TPSA) is 26.3 Å². The Hall–Kier alpha value is -0.830. The molecule has 0 saturated heterocycles. The first kappa shape index (κ1) is 8.27. The maximum absolute atomic E-state index is 9.73. The molecular formula is C8H6BrO2. The van der Waals surface area contributed by atoms with Crippen LogP contribution < -0.4 is 0 Å². The van der Waals surface area contributed by atoms with Crippen LogP contribution in [0.1, 0.15) is 5.56 Å². The molecule has 0 bridgehead atoms. The Labute approximate surface area is 73.3 Å². The molecule has 0 N–H and O–H groups in total. The zero-order valence-electron chi connectivity index (χ0n) is 5.71. The van der Waals surface area contributed by atoms with Crippen LogP contribution in [0.4, 0.5) is 0 Å². The average Bonchev–Trinajstić information content (AvgIpc) is 2.03. The van der Waals surface area contributed by atoms with Crippen molar-refractivity contribution in [3.05, 3.63) is 34.3 Å². The summed E-state index contributed by atoms with van der Waals surface area (Å²) in [6.45, 7) is 1.64. The predicted molar refractivity (Wildman–Crippen MR) is 44.6 cm³/mol. The van der Waals surface area contributed by atoms with E-state index in [1.165, 1.54) is 6.47 Å². The minimum atomic E-state index is 0.269. The fourth-order valence-electron chi connectivity index (χ4n) is 0.723. The molecule has 0 unspecified atom stereocenters. The highest BCUT2D eigenvalue weighted by molar-refractivity contribution is 9.10. The van der Waals surface area contributed by atoms with Gasteiger partial charge in [0.05, 0.1) is 0 Å². The largest absolute Gasteiger partial charge is 0.452 e. The Morgan fingerprint density at radius 1 is 1.45 bits per heavy atom. The smallest absolute Gasteiger partial charge is 0.417 e. The lowest BCUT2D eigenvalue weighted by Gasteiger charge is -1.99. The van der Waals surface area contributed by atoms with Gasteiger partial charge < -0.3 is 4.74 Å². The summed E-state index contributed by atoms with van der Waals surface area (Å²) in [7, 11) is 0. The van der Waals surface area contributed by atoms with Gasteiger partial charge in [0.2, 0.25) is 0 Å². The maximum Gasteiger partial charge on any atom is 0.417 e. The Morgan fingerprint density at radius 3 is 2.82 bits per heavy atom. The van der Waals surface area contributed by atoms with Crippen molar-refractivity contribution in [1.82, 2.24) is 0 Å². The second-order valence-electron chi connectivity index (χ2n) is 1.96. The van der Waals surface area contributed by atoms with Crippen molar-refractivity contribution in [1.29, 1.82) is 0 Å². The Bertz CT molecular complexity index is 248. The predicted octanol–water partition coefficient (Wildman–Crippen LogP) is 2.03. The van der Waals surface area contributed by atoms with Gasteiger partial charge in [0.25, 0.3) is 0 Å². The number of rotatable bonds is 3. The lowest BCUT2D eigenvalue weighted by Crippen LogP contribution is -1.90. The molecule has 0 saturated carbocycles. The molecule has 0 heterocycles. The number of ether oxygens (including phenoxy) is 1. The van der Waals surface area contributed by atoms with E-state index in [0.29, 0.717) is 0 Å². The lowest BCUT2D eigenvalue weighted by atomic mass is 10.2. The van der Waals surface area contributed by atoms with Crippen LogP contribution >= 0.6 is 15.9 Å². The molecule has 0 spiro atoms. The van der Waals surface area contributed by atoms with Gasteiger partial charge in [-0.25, -0.2) is 4.79 Å². The first-order valence-corrected chi connectivity index (χ1v) is 3.86. The van der Waals surface area contributed by atoms with Crippen LogP contribution in [-0.2, 0) is 16.1 Å². The first-order valence-electron chi connectivity index (χ1n) is 3.07. The van der Waals surface area contributed by atoms with Crippen LogP contribution in [0, 0.1) is 0 Å². The molecule has 0 aliphatic rings. The van der Waals surface area contributed by atoms with Gasteiger partial charge >= 0.3 is 6.47 Å². The van der Waals surface area contributed by atoms with Crippen molar-refractivity contribution in [2.75, 3.05) is 0 Å². The van der Waals surface area contributed by atoms with Crippen LogP contribution in [0.5, 0.6) is 0 Å². The van der Waals surface area contributed by atoms with Crippen LogP contribution in [0.3, 0.4) is 0 Å². The molecule has 57 valence electrons. The molecule has 0 fully saturated rings. The summed E-state index contributed by atoms with van der Waals surface area (Å²) in [5, 5.41) is 0. The fourth-order valence-corrected chi connectivity index (χ4v) is 1.12. The summed E-state index contributed by atoms with van der Waals surface area (Å²) in [5.74, 6) is 0. The molecular weight excluding hydrogens is 208 g/mol. The van der Waals surface area contributed by atoms with E-state index in [9.17, 15) is 4.79 Å². The van der Waals surface area contributed by atoms with E-state index < -0.39 is 0 Å².